The smallest absolute Gasteiger partial charge is 0.244 e. The van der Waals surface area contributed by atoms with Crippen molar-refractivity contribution in [3.63, 3.8) is 0 Å². The fourth-order valence-electron chi connectivity index (χ4n) is 3.04. The maximum atomic E-state index is 12.1. The molecule has 0 saturated carbocycles. The summed E-state index contributed by atoms with van der Waals surface area (Å²) in [7, 11) is 0. The summed E-state index contributed by atoms with van der Waals surface area (Å²) < 4.78 is 5.41. The standard InChI is InChI=1S/C18H31N5O2.HI/c1-4-14(5-2)16-11-15(25-22-16)12-20-18(19-6-3)21-13-17(24)23-9-7-8-10-23;/h11,14H,4-10,12-13H2,1-3H3,(H2,19,20,21);1H. The molecule has 2 heterocycles. The highest BCUT2D eigenvalue weighted by atomic mass is 127. The molecule has 0 radical (unpaired) electrons. The van der Waals surface area contributed by atoms with Crippen molar-refractivity contribution >= 4 is 35.8 Å². The monoisotopic (exact) mass is 477 g/mol. The summed E-state index contributed by atoms with van der Waals surface area (Å²) in [5.74, 6) is 1.93. The Kier molecular flexibility index (Phi) is 10.6. The van der Waals surface area contributed by atoms with Gasteiger partial charge in [-0.2, -0.15) is 0 Å². The van der Waals surface area contributed by atoms with E-state index in [2.05, 4.69) is 34.6 Å². The Morgan fingerprint density at radius 3 is 2.58 bits per heavy atom. The summed E-state index contributed by atoms with van der Waals surface area (Å²) in [6, 6.07) is 2.00. The maximum Gasteiger partial charge on any atom is 0.244 e. The molecule has 0 bridgehead atoms. The molecule has 1 amide bonds. The molecule has 0 unspecified atom stereocenters. The van der Waals surface area contributed by atoms with Crippen LogP contribution in [0.15, 0.2) is 15.6 Å². The Balaban J connectivity index is 0.00000338. The fraction of sp³-hybridized carbons (Fsp3) is 0.722. The predicted molar refractivity (Wildman–Crippen MR) is 114 cm³/mol. The third-order valence-electron chi connectivity index (χ3n) is 4.59. The van der Waals surface area contributed by atoms with E-state index in [4.69, 9.17) is 4.52 Å². The Morgan fingerprint density at radius 1 is 1.27 bits per heavy atom. The molecule has 0 atom stereocenters. The molecule has 2 N–H and O–H groups in total. The van der Waals surface area contributed by atoms with E-state index in [0.717, 1.165) is 56.8 Å². The van der Waals surface area contributed by atoms with Crippen LogP contribution in [-0.2, 0) is 11.3 Å². The Morgan fingerprint density at radius 2 is 1.96 bits per heavy atom. The molecule has 1 aromatic heterocycles. The van der Waals surface area contributed by atoms with Gasteiger partial charge in [0.15, 0.2) is 11.7 Å². The van der Waals surface area contributed by atoms with E-state index in [-0.39, 0.29) is 36.4 Å². The van der Waals surface area contributed by atoms with E-state index in [1.165, 1.54) is 0 Å². The summed E-state index contributed by atoms with van der Waals surface area (Å²) in [5.41, 5.74) is 1.01. The summed E-state index contributed by atoms with van der Waals surface area (Å²) in [6.45, 7) is 9.44. The zero-order chi connectivity index (χ0) is 18.1. The molecule has 8 heteroatoms. The molecular formula is C18H32IN5O2. The van der Waals surface area contributed by atoms with Gasteiger partial charge in [-0.05, 0) is 32.6 Å². The van der Waals surface area contributed by atoms with E-state index in [9.17, 15) is 4.79 Å². The minimum absolute atomic E-state index is 0. The van der Waals surface area contributed by atoms with E-state index in [1.807, 2.05) is 17.9 Å². The largest absolute Gasteiger partial charge is 0.359 e. The number of nitrogens with one attached hydrogen (secondary N) is 2. The van der Waals surface area contributed by atoms with Crippen LogP contribution in [0.3, 0.4) is 0 Å². The van der Waals surface area contributed by atoms with E-state index < -0.39 is 0 Å². The third-order valence-corrected chi connectivity index (χ3v) is 4.59. The van der Waals surface area contributed by atoms with Crippen LogP contribution >= 0.6 is 24.0 Å². The zero-order valence-corrected chi connectivity index (χ0v) is 18.4. The quantitative estimate of drug-likeness (QED) is 0.342. The average Bonchev–Trinajstić information content (AvgIpc) is 3.30. The van der Waals surface area contributed by atoms with Gasteiger partial charge in [0, 0.05) is 31.6 Å². The minimum atomic E-state index is 0. The lowest BCUT2D eigenvalue weighted by Crippen LogP contribution is -2.38. The lowest BCUT2D eigenvalue weighted by atomic mass is 9.99. The molecule has 1 aliphatic rings. The van der Waals surface area contributed by atoms with Gasteiger partial charge in [-0.25, -0.2) is 4.99 Å². The highest BCUT2D eigenvalue weighted by molar-refractivity contribution is 14.0. The van der Waals surface area contributed by atoms with Crippen molar-refractivity contribution in [2.24, 2.45) is 4.99 Å². The van der Waals surface area contributed by atoms with Crippen molar-refractivity contribution < 1.29 is 9.32 Å². The van der Waals surface area contributed by atoms with Gasteiger partial charge in [0.1, 0.15) is 6.54 Å². The summed E-state index contributed by atoms with van der Waals surface area (Å²) in [5, 5.41) is 10.5. The van der Waals surface area contributed by atoms with Gasteiger partial charge in [0.25, 0.3) is 0 Å². The molecule has 148 valence electrons. The molecule has 7 nitrogen and oxygen atoms in total. The molecule has 0 aromatic carbocycles. The Labute approximate surface area is 173 Å². The highest BCUT2D eigenvalue weighted by Crippen LogP contribution is 2.22. The first kappa shape index (κ1) is 22.7. The zero-order valence-electron chi connectivity index (χ0n) is 16.1. The highest BCUT2D eigenvalue weighted by Gasteiger charge is 2.17. The fourth-order valence-corrected chi connectivity index (χ4v) is 3.04. The van der Waals surface area contributed by atoms with Crippen molar-refractivity contribution in [1.82, 2.24) is 20.7 Å². The van der Waals surface area contributed by atoms with Crippen molar-refractivity contribution in [3.05, 3.63) is 17.5 Å². The van der Waals surface area contributed by atoms with E-state index in [0.29, 0.717) is 18.4 Å². The first-order chi connectivity index (χ1) is 12.2. The maximum absolute atomic E-state index is 12.1. The number of rotatable bonds is 8. The summed E-state index contributed by atoms with van der Waals surface area (Å²) in [6.07, 6.45) is 4.30. The van der Waals surface area contributed by atoms with Crippen LogP contribution in [-0.4, -0.2) is 48.1 Å². The minimum Gasteiger partial charge on any atom is -0.359 e. The van der Waals surface area contributed by atoms with Crippen LogP contribution in [0.4, 0.5) is 0 Å². The Hall–Kier alpha value is -1.32. The van der Waals surface area contributed by atoms with Gasteiger partial charge in [-0.1, -0.05) is 19.0 Å². The van der Waals surface area contributed by atoms with E-state index in [1.54, 1.807) is 0 Å². The van der Waals surface area contributed by atoms with Crippen molar-refractivity contribution in [1.29, 1.82) is 0 Å². The first-order valence-electron chi connectivity index (χ1n) is 9.43. The number of aliphatic imine (C=N–C) groups is 1. The van der Waals surface area contributed by atoms with Crippen LogP contribution in [0.2, 0.25) is 0 Å². The number of carbonyl (C=O) groups excluding carboxylic acids is 1. The van der Waals surface area contributed by atoms with Crippen molar-refractivity contribution in [3.8, 4) is 0 Å². The normalized spacial score (nSPS) is 14.5. The van der Waals surface area contributed by atoms with Gasteiger partial charge in [-0.15, -0.1) is 24.0 Å². The molecule has 0 spiro atoms. The molecule has 1 saturated heterocycles. The molecule has 26 heavy (non-hydrogen) atoms. The molecule has 2 rings (SSSR count). The number of hydrogen-bond donors (Lipinski definition) is 2. The van der Waals surface area contributed by atoms with Crippen LogP contribution in [0, 0.1) is 0 Å². The van der Waals surface area contributed by atoms with Gasteiger partial charge in [0.05, 0.1) is 12.2 Å². The Bertz CT molecular complexity index is 566. The van der Waals surface area contributed by atoms with Gasteiger partial charge < -0.3 is 20.1 Å². The first-order valence-corrected chi connectivity index (χ1v) is 9.43. The summed E-state index contributed by atoms with van der Waals surface area (Å²) in [4.78, 5) is 18.4. The number of carbonyl (C=O) groups is 1. The number of halogens is 1. The van der Waals surface area contributed by atoms with Crippen LogP contribution in [0.25, 0.3) is 0 Å². The summed E-state index contributed by atoms with van der Waals surface area (Å²) >= 11 is 0. The van der Waals surface area contributed by atoms with Gasteiger partial charge in [-0.3, -0.25) is 4.79 Å². The molecular weight excluding hydrogens is 445 g/mol. The molecule has 1 aliphatic heterocycles. The SMILES string of the molecule is CCNC(=NCC(=O)N1CCCC1)NCc1cc(C(CC)CC)no1.I. The van der Waals surface area contributed by atoms with Gasteiger partial charge in [0.2, 0.25) is 5.91 Å². The number of aromatic nitrogens is 1. The van der Waals surface area contributed by atoms with Crippen LogP contribution < -0.4 is 10.6 Å². The topological polar surface area (TPSA) is 82.8 Å². The second-order valence-electron chi connectivity index (χ2n) is 6.37. The second-order valence-corrected chi connectivity index (χ2v) is 6.37. The molecule has 1 aromatic rings. The average molecular weight is 477 g/mol. The lowest BCUT2D eigenvalue weighted by molar-refractivity contribution is -0.128. The second kappa shape index (κ2) is 12.1. The number of nitrogens with zero attached hydrogens (tertiary/aromatic N) is 3. The number of hydrogen-bond acceptors (Lipinski definition) is 4. The van der Waals surface area contributed by atoms with Crippen LogP contribution in [0.5, 0.6) is 0 Å². The molecule has 0 aliphatic carbocycles. The van der Waals surface area contributed by atoms with Gasteiger partial charge >= 0.3 is 0 Å². The number of likely N-dealkylation sites (tertiary alicyclic amines) is 1. The lowest BCUT2D eigenvalue weighted by Gasteiger charge is -2.14. The molecule has 1 fully saturated rings. The van der Waals surface area contributed by atoms with Crippen LogP contribution in [0.1, 0.15) is 63.8 Å². The number of guanidine groups is 1. The van der Waals surface area contributed by atoms with Crippen molar-refractivity contribution in [2.45, 2.75) is 58.9 Å². The van der Waals surface area contributed by atoms with E-state index >= 15 is 0 Å². The number of amides is 1. The van der Waals surface area contributed by atoms with Crippen molar-refractivity contribution in [2.75, 3.05) is 26.2 Å². The third kappa shape index (κ3) is 6.77. The predicted octanol–water partition coefficient (Wildman–Crippen LogP) is 2.87.